The number of ether oxygens (including phenoxy) is 1. The van der Waals surface area contributed by atoms with Crippen LogP contribution in [0.25, 0.3) is 11.0 Å². The molecule has 6 heteroatoms. The van der Waals surface area contributed by atoms with Gasteiger partial charge in [-0.25, -0.2) is 0 Å². The molecule has 0 radical (unpaired) electrons. The summed E-state index contributed by atoms with van der Waals surface area (Å²) in [6.07, 6.45) is 3.11. The standard InChI is InChI=1S/C16H21N3O2S/c1-16(2)15(20)14(19-6-4-3-5-7-19)10-8-11-12(18-22-17-11)9-13(10)21-16/h8-9,14-15,20H,3-7H2,1-2H3. The summed E-state index contributed by atoms with van der Waals surface area (Å²) in [4.78, 5) is 2.41. The monoisotopic (exact) mass is 319 g/mol. The first-order valence-corrected chi connectivity index (χ1v) is 8.67. The van der Waals surface area contributed by atoms with E-state index in [1.54, 1.807) is 0 Å². The Hall–Kier alpha value is -1.24. The van der Waals surface area contributed by atoms with Gasteiger partial charge in [0.25, 0.3) is 0 Å². The number of benzene rings is 1. The maximum absolute atomic E-state index is 10.9. The molecule has 1 N–H and O–H groups in total. The molecule has 2 aromatic rings. The molecule has 22 heavy (non-hydrogen) atoms. The molecule has 1 aromatic heterocycles. The van der Waals surface area contributed by atoms with E-state index in [4.69, 9.17) is 4.74 Å². The first-order chi connectivity index (χ1) is 10.6. The maximum atomic E-state index is 10.9. The Morgan fingerprint density at radius 2 is 1.86 bits per heavy atom. The van der Waals surface area contributed by atoms with E-state index in [1.807, 2.05) is 26.0 Å². The Kier molecular flexibility index (Phi) is 3.36. The van der Waals surface area contributed by atoms with Gasteiger partial charge in [0.05, 0.1) is 17.8 Å². The van der Waals surface area contributed by atoms with Crippen LogP contribution in [-0.2, 0) is 0 Å². The Morgan fingerprint density at radius 3 is 2.59 bits per heavy atom. The minimum absolute atomic E-state index is 0.0230. The van der Waals surface area contributed by atoms with E-state index in [0.717, 1.165) is 35.4 Å². The molecule has 0 bridgehead atoms. The van der Waals surface area contributed by atoms with Crippen LogP contribution in [0.4, 0.5) is 0 Å². The van der Waals surface area contributed by atoms with Crippen LogP contribution < -0.4 is 4.74 Å². The molecule has 3 heterocycles. The van der Waals surface area contributed by atoms with E-state index >= 15 is 0 Å². The van der Waals surface area contributed by atoms with Gasteiger partial charge in [0.2, 0.25) is 0 Å². The summed E-state index contributed by atoms with van der Waals surface area (Å²) in [7, 11) is 0. The third-order valence-electron chi connectivity index (χ3n) is 4.87. The third-order valence-corrected chi connectivity index (χ3v) is 5.43. The molecule has 0 spiro atoms. The highest BCUT2D eigenvalue weighted by Crippen LogP contribution is 2.44. The Balaban J connectivity index is 1.84. The van der Waals surface area contributed by atoms with Gasteiger partial charge in [0.15, 0.2) is 0 Å². The summed E-state index contributed by atoms with van der Waals surface area (Å²) in [5.41, 5.74) is 2.20. The van der Waals surface area contributed by atoms with Crippen LogP contribution in [0.5, 0.6) is 5.75 Å². The summed E-state index contributed by atoms with van der Waals surface area (Å²) in [6, 6.07) is 4.00. The number of aliphatic hydroxyl groups excluding tert-OH is 1. The molecular formula is C16H21N3O2S. The van der Waals surface area contributed by atoms with Crippen molar-refractivity contribution in [1.29, 1.82) is 0 Å². The maximum Gasteiger partial charge on any atom is 0.131 e. The Labute approximate surface area is 134 Å². The molecule has 2 unspecified atom stereocenters. The van der Waals surface area contributed by atoms with Crippen molar-refractivity contribution in [3.63, 3.8) is 0 Å². The van der Waals surface area contributed by atoms with Gasteiger partial charge in [-0.05, 0) is 45.8 Å². The molecule has 5 nitrogen and oxygen atoms in total. The van der Waals surface area contributed by atoms with E-state index in [0.29, 0.717) is 0 Å². The number of nitrogens with zero attached hydrogens (tertiary/aromatic N) is 3. The fourth-order valence-corrected chi connectivity index (χ4v) is 4.14. The van der Waals surface area contributed by atoms with Gasteiger partial charge in [0, 0.05) is 11.6 Å². The lowest BCUT2D eigenvalue weighted by Crippen LogP contribution is -2.54. The summed E-state index contributed by atoms with van der Waals surface area (Å²) in [5.74, 6) is 0.839. The Morgan fingerprint density at radius 1 is 1.18 bits per heavy atom. The molecule has 1 saturated heterocycles. The first kappa shape index (κ1) is 14.4. The number of piperidine rings is 1. The highest BCUT2D eigenvalue weighted by atomic mass is 32.1. The largest absolute Gasteiger partial charge is 0.485 e. The van der Waals surface area contributed by atoms with E-state index in [-0.39, 0.29) is 6.04 Å². The zero-order valence-electron chi connectivity index (χ0n) is 13.0. The van der Waals surface area contributed by atoms with Crippen molar-refractivity contribution in [3.05, 3.63) is 17.7 Å². The second-order valence-corrected chi connectivity index (χ2v) is 7.36. The second kappa shape index (κ2) is 5.15. The summed E-state index contributed by atoms with van der Waals surface area (Å²) in [6.45, 7) is 5.98. The number of aromatic nitrogens is 2. The number of hydrogen-bond donors (Lipinski definition) is 1. The van der Waals surface area contributed by atoms with Gasteiger partial charge >= 0.3 is 0 Å². The van der Waals surface area contributed by atoms with Gasteiger partial charge in [0.1, 0.15) is 28.5 Å². The van der Waals surface area contributed by atoms with Gasteiger partial charge in [-0.2, -0.15) is 8.75 Å². The Bertz CT molecular complexity index is 694. The quantitative estimate of drug-likeness (QED) is 0.876. The summed E-state index contributed by atoms with van der Waals surface area (Å²) >= 11 is 1.22. The van der Waals surface area contributed by atoms with Crippen molar-refractivity contribution in [2.75, 3.05) is 13.1 Å². The molecule has 0 amide bonds. The summed E-state index contributed by atoms with van der Waals surface area (Å²) in [5, 5.41) is 10.9. The average Bonchev–Trinajstić information content (AvgIpc) is 2.94. The van der Waals surface area contributed by atoms with E-state index in [2.05, 4.69) is 13.6 Å². The number of aliphatic hydroxyl groups is 1. The minimum atomic E-state index is -0.605. The van der Waals surface area contributed by atoms with Crippen molar-refractivity contribution in [2.24, 2.45) is 0 Å². The third kappa shape index (κ3) is 2.21. The molecule has 1 fully saturated rings. The number of rotatable bonds is 1. The van der Waals surface area contributed by atoms with Crippen LogP contribution in [0.3, 0.4) is 0 Å². The predicted molar refractivity (Wildman–Crippen MR) is 86.3 cm³/mol. The van der Waals surface area contributed by atoms with Gasteiger partial charge < -0.3 is 9.84 Å². The molecule has 2 atom stereocenters. The smallest absolute Gasteiger partial charge is 0.131 e. The average molecular weight is 319 g/mol. The zero-order chi connectivity index (χ0) is 15.3. The van der Waals surface area contributed by atoms with Crippen molar-refractivity contribution in [2.45, 2.75) is 50.9 Å². The number of likely N-dealkylation sites (tertiary alicyclic amines) is 1. The van der Waals surface area contributed by atoms with Crippen molar-refractivity contribution >= 4 is 22.8 Å². The van der Waals surface area contributed by atoms with Crippen LogP contribution in [0.1, 0.15) is 44.7 Å². The minimum Gasteiger partial charge on any atom is -0.485 e. The first-order valence-electron chi connectivity index (χ1n) is 7.93. The topological polar surface area (TPSA) is 58.5 Å². The molecule has 118 valence electrons. The molecule has 2 aliphatic heterocycles. The van der Waals surface area contributed by atoms with Crippen molar-refractivity contribution in [3.8, 4) is 5.75 Å². The highest BCUT2D eigenvalue weighted by molar-refractivity contribution is 7.00. The predicted octanol–water partition coefficient (Wildman–Crippen LogP) is 2.75. The van der Waals surface area contributed by atoms with Crippen LogP contribution in [0, 0.1) is 0 Å². The lowest BCUT2D eigenvalue weighted by Gasteiger charge is -2.47. The van der Waals surface area contributed by atoms with E-state index in [1.165, 1.54) is 31.0 Å². The van der Waals surface area contributed by atoms with Crippen molar-refractivity contribution in [1.82, 2.24) is 13.6 Å². The van der Waals surface area contributed by atoms with Gasteiger partial charge in [-0.15, -0.1) is 0 Å². The SMILES string of the molecule is CC1(C)Oc2cc3nsnc3cc2C(N2CCCCC2)C1O. The lowest BCUT2D eigenvalue weighted by atomic mass is 9.84. The van der Waals surface area contributed by atoms with Crippen LogP contribution >= 0.6 is 11.7 Å². The lowest BCUT2D eigenvalue weighted by molar-refractivity contribution is -0.0960. The number of fused-ring (bicyclic) bond motifs is 2. The van der Waals surface area contributed by atoms with Crippen LogP contribution in [0.2, 0.25) is 0 Å². The van der Waals surface area contributed by atoms with Crippen LogP contribution in [-0.4, -0.2) is 43.5 Å². The van der Waals surface area contributed by atoms with Crippen LogP contribution in [0.15, 0.2) is 12.1 Å². The molecule has 4 rings (SSSR count). The molecule has 1 aromatic carbocycles. The fourth-order valence-electron chi connectivity index (χ4n) is 3.63. The molecule has 2 aliphatic rings. The van der Waals surface area contributed by atoms with Crippen molar-refractivity contribution < 1.29 is 9.84 Å². The fraction of sp³-hybridized carbons (Fsp3) is 0.625. The van der Waals surface area contributed by atoms with E-state index < -0.39 is 11.7 Å². The second-order valence-electron chi connectivity index (χ2n) is 6.83. The highest BCUT2D eigenvalue weighted by Gasteiger charge is 2.45. The molecular weight excluding hydrogens is 298 g/mol. The van der Waals surface area contributed by atoms with E-state index in [9.17, 15) is 5.11 Å². The number of hydrogen-bond acceptors (Lipinski definition) is 6. The normalized spacial score (nSPS) is 28.3. The summed E-state index contributed by atoms with van der Waals surface area (Å²) < 4.78 is 14.7. The molecule has 0 saturated carbocycles. The molecule has 0 aliphatic carbocycles. The van der Waals surface area contributed by atoms with Gasteiger partial charge in [-0.3, -0.25) is 4.90 Å². The zero-order valence-corrected chi connectivity index (χ0v) is 13.8. The van der Waals surface area contributed by atoms with Gasteiger partial charge in [-0.1, -0.05) is 6.42 Å².